The number of pyridine rings is 1. The van der Waals surface area contributed by atoms with Crippen LogP contribution in [0, 0.1) is 0 Å². The molecule has 17 heavy (non-hydrogen) atoms. The first kappa shape index (κ1) is 12.9. The van der Waals surface area contributed by atoms with Crippen LogP contribution < -0.4 is 0 Å². The van der Waals surface area contributed by atoms with Crippen LogP contribution in [0.25, 0.3) is 0 Å². The van der Waals surface area contributed by atoms with Gasteiger partial charge in [0.2, 0.25) is 0 Å². The largest absolute Gasteiger partial charge is 0.295 e. The number of aromatic nitrogens is 1. The first-order valence-electron chi connectivity index (χ1n) is 6.55. The lowest BCUT2D eigenvalue weighted by Crippen LogP contribution is -2.34. The molecule has 2 nitrogen and oxygen atoms in total. The first-order chi connectivity index (χ1) is 8.42. The van der Waals surface area contributed by atoms with Gasteiger partial charge in [-0.3, -0.25) is 9.88 Å². The predicted octanol–water partition coefficient (Wildman–Crippen LogP) is 3.36. The van der Waals surface area contributed by atoms with E-state index in [1.807, 2.05) is 24.0 Å². The summed E-state index contributed by atoms with van der Waals surface area (Å²) in [6.45, 7) is 2.47. The van der Waals surface area contributed by atoms with Crippen molar-refractivity contribution in [1.82, 2.24) is 9.88 Å². The molecule has 1 aliphatic heterocycles. The van der Waals surface area contributed by atoms with Gasteiger partial charge in [0.25, 0.3) is 0 Å². The summed E-state index contributed by atoms with van der Waals surface area (Å²) in [7, 11) is 0. The molecule has 3 heteroatoms. The van der Waals surface area contributed by atoms with Crippen LogP contribution in [0.15, 0.2) is 24.4 Å². The minimum atomic E-state index is 0.562. The summed E-state index contributed by atoms with van der Waals surface area (Å²) in [6.07, 6.45) is 9.38. The van der Waals surface area contributed by atoms with E-state index in [1.54, 1.807) is 0 Å². The summed E-state index contributed by atoms with van der Waals surface area (Å²) in [5, 5.41) is 0. The highest BCUT2D eigenvalue weighted by atomic mass is 32.2. The van der Waals surface area contributed by atoms with Gasteiger partial charge in [-0.1, -0.05) is 12.5 Å². The van der Waals surface area contributed by atoms with Crippen LogP contribution in [-0.2, 0) is 0 Å². The van der Waals surface area contributed by atoms with Gasteiger partial charge in [0, 0.05) is 6.20 Å². The van der Waals surface area contributed by atoms with Crippen molar-refractivity contribution in [2.24, 2.45) is 0 Å². The molecule has 0 aromatic carbocycles. The van der Waals surface area contributed by atoms with E-state index < -0.39 is 0 Å². The van der Waals surface area contributed by atoms with Gasteiger partial charge in [-0.25, -0.2) is 0 Å². The molecule has 1 unspecified atom stereocenters. The summed E-state index contributed by atoms with van der Waals surface area (Å²) < 4.78 is 0. The molecule has 94 valence electrons. The molecule has 0 bridgehead atoms. The summed E-state index contributed by atoms with van der Waals surface area (Å²) in [5.74, 6) is 1.27. The third-order valence-corrected chi connectivity index (χ3v) is 4.13. The van der Waals surface area contributed by atoms with E-state index >= 15 is 0 Å². The van der Waals surface area contributed by atoms with Crippen LogP contribution in [0.2, 0.25) is 0 Å². The Morgan fingerprint density at radius 3 is 3.12 bits per heavy atom. The molecule has 0 N–H and O–H groups in total. The molecule has 0 radical (unpaired) electrons. The van der Waals surface area contributed by atoms with Gasteiger partial charge in [0.05, 0.1) is 11.7 Å². The Labute approximate surface area is 109 Å². The lowest BCUT2D eigenvalue weighted by atomic mass is 9.98. The van der Waals surface area contributed by atoms with Gasteiger partial charge in [-0.15, -0.1) is 0 Å². The number of likely N-dealkylation sites (tertiary alicyclic amines) is 1. The number of thioether (sulfide) groups is 1. The maximum Gasteiger partial charge on any atom is 0.0575 e. The van der Waals surface area contributed by atoms with Crippen molar-refractivity contribution in [3.05, 3.63) is 30.1 Å². The number of hydrogen-bond acceptors (Lipinski definition) is 3. The minimum absolute atomic E-state index is 0.562. The maximum atomic E-state index is 4.53. The van der Waals surface area contributed by atoms with Crippen LogP contribution >= 0.6 is 11.8 Å². The van der Waals surface area contributed by atoms with Crippen molar-refractivity contribution < 1.29 is 0 Å². The minimum Gasteiger partial charge on any atom is -0.295 e. The van der Waals surface area contributed by atoms with E-state index in [0.29, 0.717) is 6.04 Å². The highest BCUT2D eigenvalue weighted by Crippen LogP contribution is 2.29. The maximum absolute atomic E-state index is 4.53. The fraction of sp³-hybridized carbons (Fsp3) is 0.643. The van der Waals surface area contributed by atoms with Crippen molar-refractivity contribution in [2.75, 3.05) is 25.1 Å². The van der Waals surface area contributed by atoms with E-state index in [-0.39, 0.29) is 0 Å². The molecular weight excluding hydrogens is 228 g/mol. The molecule has 1 aromatic rings. The zero-order chi connectivity index (χ0) is 11.9. The summed E-state index contributed by atoms with van der Waals surface area (Å²) in [4.78, 5) is 7.16. The zero-order valence-electron chi connectivity index (χ0n) is 10.6. The van der Waals surface area contributed by atoms with Gasteiger partial charge >= 0.3 is 0 Å². The van der Waals surface area contributed by atoms with E-state index in [9.17, 15) is 0 Å². The lowest BCUT2D eigenvalue weighted by Gasteiger charge is -2.35. The van der Waals surface area contributed by atoms with E-state index in [0.717, 1.165) is 0 Å². The average Bonchev–Trinajstić information content (AvgIpc) is 2.41. The highest BCUT2D eigenvalue weighted by Gasteiger charge is 2.23. The average molecular weight is 250 g/mol. The molecule has 0 amide bonds. The topological polar surface area (TPSA) is 16.1 Å². The van der Waals surface area contributed by atoms with Crippen LogP contribution in [0.1, 0.15) is 37.4 Å². The normalized spacial score (nSPS) is 21.6. The molecule has 1 fully saturated rings. The third-order valence-electron chi connectivity index (χ3n) is 3.44. The number of hydrogen-bond donors (Lipinski definition) is 0. The number of nitrogens with zero attached hydrogens (tertiary/aromatic N) is 2. The van der Waals surface area contributed by atoms with E-state index in [2.05, 4.69) is 28.3 Å². The van der Waals surface area contributed by atoms with Crippen LogP contribution in [0.5, 0.6) is 0 Å². The Bertz CT molecular complexity index is 315. The van der Waals surface area contributed by atoms with Gasteiger partial charge in [-0.05, 0) is 56.5 Å². The molecule has 1 aromatic heterocycles. The van der Waals surface area contributed by atoms with Gasteiger partial charge in [0.1, 0.15) is 0 Å². The molecule has 1 aliphatic rings. The quantitative estimate of drug-likeness (QED) is 0.745. The molecule has 1 saturated heterocycles. The van der Waals surface area contributed by atoms with Crippen molar-refractivity contribution in [3.8, 4) is 0 Å². The SMILES string of the molecule is CSCCCN1CCCCC1c1ccccn1. The second-order valence-corrected chi connectivity index (χ2v) is 5.63. The Morgan fingerprint density at radius 1 is 1.41 bits per heavy atom. The Hall–Kier alpha value is -0.540. The smallest absolute Gasteiger partial charge is 0.0575 e. The second-order valence-electron chi connectivity index (χ2n) is 4.65. The summed E-state index contributed by atoms with van der Waals surface area (Å²) in [6, 6.07) is 6.85. The summed E-state index contributed by atoms with van der Waals surface area (Å²) >= 11 is 1.94. The van der Waals surface area contributed by atoms with Gasteiger partial charge in [0.15, 0.2) is 0 Å². The fourth-order valence-corrected chi connectivity index (χ4v) is 3.00. The third kappa shape index (κ3) is 3.71. The lowest BCUT2D eigenvalue weighted by molar-refractivity contribution is 0.146. The van der Waals surface area contributed by atoms with Crippen molar-refractivity contribution in [2.45, 2.75) is 31.7 Å². The van der Waals surface area contributed by atoms with Gasteiger partial charge < -0.3 is 0 Å². The zero-order valence-corrected chi connectivity index (χ0v) is 11.5. The first-order valence-corrected chi connectivity index (χ1v) is 7.95. The number of piperidine rings is 1. The molecule has 1 atom stereocenters. The number of rotatable bonds is 5. The molecular formula is C14H22N2S. The van der Waals surface area contributed by atoms with E-state index in [1.165, 1.54) is 50.2 Å². The second kappa shape index (κ2) is 7.02. The Morgan fingerprint density at radius 2 is 2.35 bits per heavy atom. The molecule has 2 rings (SSSR count). The van der Waals surface area contributed by atoms with E-state index in [4.69, 9.17) is 0 Å². The van der Waals surface area contributed by atoms with Crippen molar-refractivity contribution >= 4 is 11.8 Å². The van der Waals surface area contributed by atoms with Crippen molar-refractivity contribution in [3.63, 3.8) is 0 Å². The fourth-order valence-electron chi connectivity index (χ4n) is 2.58. The highest BCUT2D eigenvalue weighted by molar-refractivity contribution is 7.98. The molecule has 0 aliphatic carbocycles. The van der Waals surface area contributed by atoms with Crippen LogP contribution in [-0.4, -0.2) is 35.0 Å². The predicted molar refractivity (Wildman–Crippen MR) is 75.4 cm³/mol. The summed E-state index contributed by atoms with van der Waals surface area (Å²) in [5.41, 5.74) is 1.26. The monoisotopic (exact) mass is 250 g/mol. The van der Waals surface area contributed by atoms with Gasteiger partial charge in [-0.2, -0.15) is 11.8 Å². The van der Waals surface area contributed by atoms with Crippen LogP contribution in [0.4, 0.5) is 0 Å². The standard InChI is InChI=1S/C14H22N2S/c1-17-12-6-11-16-10-5-3-8-14(16)13-7-2-4-9-15-13/h2,4,7,9,14H,3,5-6,8,10-12H2,1H3. The molecule has 0 spiro atoms. The molecule has 2 heterocycles. The molecule has 0 saturated carbocycles. The van der Waals surface area contributed by atoms with Crippen LogP contribution in [0.3, 0.4) is 0 Å². The Kier molecular flexibility index (Phi) is 5.33. The Balaban J connectivity index is 1.97. The van der Waals surface area contributed by atoms with Crippen molar-refractivity contribution in [1.29, 1.82) is 0 Å².